The fourth-order valence-corrected chi connectivity index (χ4v) is 0.444. The van der Waals surface area contributed by atoms with Crippen molar-refractivity contribution in [2.45, 2.75) is 19.8 Å². The van der Waals surface area contributed by atoms with Gasteiger partial charge in [-0.3, -0.25) is 0 Å². The molecule has 0 amide bonds. The minimum absolute atomic E-state index is 0.0174. The minimum atomic E-state index is -0.420. The summed E-state index contributed by atoms with van der Waals surface area (Å²) >= 11 is 0. The summed E-state index contributed by atoms with van der Waals surface area (Å²) < 4.78 is 9.03. The van der Waals surface area contributed by atoms with Crippen LogP contribution < -0.4 is 0 Å². The van der Waals surface area contributed by atoms with E-state index in [0.717, 1.165) is 12.8 Å². The summed E-state index contributed by atoms with van der Waals surface area (Å²) in [4.78, 5) is 10.4. The van der Waals surface area contributed by atoms with Gasteiger partial charge in [-0.05, 0) is 6.42 Å². The molecule has 3 nitrogen and oxygen atoms in total. The smallest absolute Gasteiger partial charge is 0.332 e. The highest BCUT2D eigenvalue weighted by molar-refractivity contribution is 5.70. The molecule has 0 heterocycles. The fourth-order valence-electron chi connectivity index (χ4n) is 0.444. The van der Waals surface area contributed by atoms with E-state index in [1.807, 2.05) is 0 Å². The maximum atomic E-state index is 10.4. The molecule has 0 N–H and O–H groups in total. The zero-order valence-electron chi connectivity index (χ0n) is 6.26. The summed E-state index contributed by atoms with van der Waals surface area (Å²) in [6.45, 7) is 2.69. The van der Waals surface area contributed by atoms with Crippen LogP contribution in [-0.4, -0.2) is 19.2 Å². The van der Waals surface area contributed by atoms with Crippen molar-refractivity contribution in [1.29, 1.82) is 0 Å². The van der Waals surface area contributed by atoms with Crippen LogP contribution >= 0.6 is 0 Å². The van der Waals surface area contributed by atoms with Crippen molar-refractivity contribution in [2.24, 2.45) is 0 Å². The van der Waals surface area contributed by atoms with E-state index in [0.29, 0.717) is 6.61 Å². The SMILES string of the molecule is [CH2]OC(=O)COCCCC. The largest absolute Gasteiger partial charge is 0.460 e. The molecule has 0 fully saturated rings. The molecule has 0 aromatic rings. The lowest BCUT2D eigenvalue weighted by atomic mass is 10.4. The Labute approximate surface area is 61.3 Å². The average molecular weight is 145 g/mol. The molecule has 10 heavy (non-hydrogen) atoms. The van der Waals surface area contributed by atoms with Crippen LogP contribution in [0.1, 0.15) is 19.8 Å². The number of unbranched alkanes of at least 4 members (excludes halogenated alkanes) is 1. The molecule has 0 atom stereocenters. The third kappa shape index (κ3) is 5.56. The lowest BCUT2D eigenvalue weighted by Crippen LogP contribution is -2.09. The third-order valence-electron chi connectivity index (χ3n) is 1.02. The predicted molar refractivity (Wildman–Crippen MR) is 37.2 cm³/mol. The normalized spacial score (nSPS) is 9.40. The Hall–Kier alpha value is -0.570. The maximum absolute atomic E-state index is 10.4. The monoisotopic (exact) mass is 145 g/mol. The molecule has 0 unspecified atom stereocenters. The highest BCUT2D eigenvalue weighted by Gasteiger charge is 1.97. The maximum Gasteiger partial charge on any atom is 0.332 e. The predicted octanol–water partition coefficient (Wildman–Crippen LogP) is 1.14. The van der Waals surface area contributed by atoms with Crippen molar-refractivity contribution in [3.05, 3.63) is 7.11 Å². The number of hydrogen-bond donors (Lipinski definition) is 0. The van der Waals surface area contributed by atoms with E-state index in [-0.39, 0.29) is 6.61 Å². The minimum Gasteiger partial charge on any atom is -0.460 e. The second-order valence-electron chi connectivity index (χ2n) is 1.92. The molecule has 0 aliphatic rings. The van der Waals surface area contributed by atoms with Crippen LogP contribution in [-0.2, 0) is 14.3 Å². The molecule has 59 valence electrons. The zero-order chi connectivity index (χ0) is 7.82. The van der Waals surface area contributed by atoms with Gasteiger partial charge in [-0.15, -0.1) is 0 Å². The van der Waals surface area contributed by atoms with Gasteiger partial charge in [0.05, 0.1) is 0 Å². The van der Waals surface area contributed by atoms with Gasteiger partial charge in [-0.1, -0.05) is 13.3 Å². The molecule has 0 aliphatic heterocycles. The lowest BCUT2D eigenvalue weighted by Gasteiger charge is -1.99. The van der Waals surface area contributed by atoms with Crippen molar-refractivity contribution in [2.75, 3.05) is 13.2 Å². The molecule has 1 radical (unpaired) electrons. The Morgan fingerprint density at radius 1 is 1.60 bits per heavy atom. The molecule has 0 aliphatic carbocycles. The summed E-state index contributed by atoms with van der Waals surface area (Å²) in [7, 11) is 2.95. The molecule has 0 spiro atoms. The summed E-state index contributed by atoms with van der Waals surface area (Å²) in [6, 6.07) is 0. The molecule has 3 heteroatoms. The quantitative estimate of drug-likeness (QED) is 0.430. The van der Waals surface area contributed by atoms with E-state index in [2.05, 4.69) is 18.8 Å². The van der Waals surface area contributed by atoms with Crippen LogP contribution in [0.4, 0.5) is 0 Å². The van der Waals surface area contributed by atoms with E-state index in [1.54, 1.807) is 0 Å². The number of carbonyl (C=O) groups excluding carboxylic acids is 1. The summed E-state index contributed by atoms with van der Waals surface area (Å²) in [5, 5.41) is 0. The third-order valence-corrected chi connectivity index (χ3v) is 1.02. The molecule has 0 saturated heterocycles. The molecule has 0 saturated carbocycles. The lowest BCUT2D eigenvalue weighted by molar-refractivity contribution is -0.143. The first kappa shape index (κ1) is 9.43. The van der Waals surface area contributed by atoms with Crippen molar-refractivity contribution < 1.29 is 14.3 Å². The van der Waals surface area contributed by atoms with Gasteiger partial charge in [0, 0.05) is 6.61 Å². The van der Waals surface area contributed by atoms with E-state index in [1.165, 1.54) is 0 Å². The Morgan fingerprint density at radius 2 is 2.30 bits per heavy atom. The first-order valence-corrected chi connectivity index (χ1v) is 3.33. The first-order valence-electron chi connectivity index (χ1n) is 3.33. The van der Waals surface area contributed by atoms with Gasteiger partial charge in [0.25, 0.3) is 0 Å². The highest BCUT2D eigenvalue weighted by atomic mass is 16.6. The van der Waals surface area contributed by atoms with Gasteiger partial charge in [0.2, 0.25) is 0 Å². The number of carbonyl (C=O) groups is 1. The highest BCUT2D eigenvalue weighted by Crippen LogP contribution is 1.87. The van der Waals surface area contributed by atoms with Gasteiger partial charge >= 0.3 is 5.97 Å². The van der Waals surface area contributed by atoms with E-state index < -0.39 is 5.97 Å². The van der Waals surface area contributed by atoms with Gasteiger partial charge in [-0.2, -0.15) is 0 Å². The number of rotatable bonds is 5. The first-order chi connectivity index (χ1) is 4.81. The van der Waals surface area contributed by atoms with E-state index in [4.69, 9.17) is 4.74 Å². The molecule has 0 rings (SSSR count). The molecular formula is C7H13O3. The number of hydrogen-bond acceptors (Lipinski definition) is 3. The van der Waals surface area contributed by atoms with Crippen LogP contribution in [0.2, 0.25) is 0 Å². The second kappa shape index (κ2) is 6.55. The van der Waals surface area contributed by atoms with Crippen molar-refractivity contribution in [3.8, 4) is 0 Å². The number of ether oxygens (including phenoxy) is 2. The molecule has 0 aromatic heterocycles. The van der Waals surface area contributed by atoms with Gasteiger partial charge < -0.3 is 9.47 Å². The Balaban J connectivity index is 2.96. The zero-order valence-corrected chi connectivity index (χ0v) is 6.26. The van der Waals surface area contributed by atoms with Crippen LogP contribution in [0.15, 0.2) is 0 Å². The Kier molecular flexibility index (Phi) is 6.18. The molecule has 0 bridgehead atoms. The van der Waals surface area contributed by atoms with Gasteiger partial charge in [0.15, 0.2) is 0 Å². The molecule has 0 aromatic carbocycles. The van der Waals surface area contributed by atoms with Crippen LogP contribution in [0, 0.1) is 7.11 Å². The fraction of sp³-hybridized carbons (Fsp3) is 0.714. The van der Waals surface area contributed by atoms with Crippen LogP contribution in [0.3, 0.4) is 0 Å². The van der Waals surface area contributed by atoms with Crippen molar-refractivity contribution in [3.63, 3.8) is 0 Å². The summed E-state index contributed by atoms with van der Waals surface area (Å²) in [5.41, 5.74) is 0. The van der Waals surface area contributed by atoms with E-state index >= 15 is 0 Å². The van der Waals surface area contributed by atoms with Crippen LogP contribution in [0.25, 0.3) is 0 Å². The summed E-state index contributed by atoms with van der Waals surface area (Å²) in [6.07, 6.45) is 2.05. The Bertz CT molecular complexity index is 90.9. The Morgan fingerprint density at radius 3 is 2.80 bits per heavy atom. The summed E-state index contributed by atoms with van der Waals surface area (Å²) in [5.74, 6) is -0.420. The standard InChI is InChI=1S/C7H13O3/c1-3-4-5-10-6-7(8)9-2/h2-6H2,1H3. The van der Waals surface area contributed by atoms with E-state index in [9.17, 15) is 4.79 Å². The van der Waals surface area contributed by atoms with Gasteiger partial charge in [0.1, 0.15) is 13.7 Å². The number of esters is 1. The van der Waals surface area contributed by atoms with Crippen molar-refractivity contribution in [1.82, 2.24) is 0 Å². The van der Waals surface area contributed by atoms with Gasteiger partial charge in [-0.25, -0.2) is 4.79 Å². The second-order valence-corrected chi connectivity index (χ2v) is 1.92. The average Bonchev–Trinajstić information content (AvgIpc) is 1.98. The molecular weight excluding hydrogens is 132 g/mol. The van der Waals surface area contributed by atoms with Crippen molar-refractivity contribution >= 4 is 5.97 Å². The topological polar surface area (TPSA) is 35.5 Å². The van der Waals surface area contributed by atoms with Crippen LogP contribution in [0.5, 0.6) is 0 Å².